The molecule has 1 saturated carbocycles. The van der Waals surface area contributed by atoms with Gasteiger partial charge in [0.15, 0.2) is 0 Å². The van der Waals surface area contributed by atoms with Crippen LogP contribution in [0.15, 0.2) is 33.6 Å². The summed E-state index contributed by atoms with van der Waals surface area (Å²) in [6.07, 6.45) is 4.67. The molecule has 1 aliphatic heterocycles. The second kappa shape index (κ2) is 9.03. The quantitative estimate of drug-likeness (QED) is 0.736. The minimum atomic E-state index is -3.48. The summed E-state index contributed by atoms with van der Waals surface area (Å²) in [5.41, 5.74) is 0. The monoisotopic (exact) mass is 457 g/mol. The van der Waals surface area contributed by atoms with Gasteiger partial charge < -0.3 is 5.32 Å². The highest BCUT2D eigenvalue weighted by Crippen LogP contribution is 2.24. The van der Waals surface area contributed by atoms with Crippen LogP contribution in [0, 0.1) is 5.92 Å². The largest absolute Gasteiger partial charge is 0.352 e. The highest BCUT2D eigenvalue weighted by Gasteiger charge is 2.29. The minimum Gasteiger partial charge on any atom is -0.352 e. The molecule has 3 rings (SSSR count). The Morgan fingerprint density at radius 1 is 1.11 bits per heavy atom. The van der Waals surface area contributed by atoms with Crippen LogP contribution in [0.3, 0.4) is 0 Å². The number of hydrogen-bond donors (Lipinski definition) is 1. The first-order valence-electron chi connectivity index (χ1n) is 9.64. The zero-order valence-corrected chi connectivity index (χ0v) is 18.1. The van der Waals surface area contributed by atoms with Crippen molar-refractivity contribution in [2.75, 3.05) is 32.7 Å². The summed E-state index contributed by atoms with van der Waals surface area (Å²) < 4.78 is 27.8. The van der Waals surface area contributed by atoms with Crippen molar-refractivity contribution in [2.24, 2.45) is 5.92 Å². The first-order valence-corrected chi connectivity index (χ1v) is 11.9. The van der Waals surface area contributed by atoms with Crippen LogP contribution in [-0.4, -0.2) is 62.3 Å². The highest BCUT2D eigenvalue weighted by molar-refractivity contribution is 9.10. The van der Waals surface area contributed by atoms with E-state index < -0.39 is 10.0 Å². The molecule has 0 spiro atoms. The molecule has 0 unspecified atom stereocenters. The van der Waals surface area contributed by atoms with Gasteiger partial charge in [-0.25, -0.2) is 8.42 Å². The van der Waals surface area contributed by atoms with E-state index in [1.807, 2.05) is 4.90 Å². The Labute approximate surface area is 170 Å². The van der Waals surface area contributed by atoms with Gasteiger partial charge >= 0.3 is 0 Å². The van der Waals surface area contributed by atoms with Crippen LogP contribution >= 0.6 is 15.9 Å². The van der Waals surface area contributed by atoms with Crippen LogP contribution in [0.25, 0.3) is 0 Å². The molecule has 1 amide bonds. The molecule has 150 valence electrons. The summed E-state index contributed by atoms with van der Waals surface area (Å²) in [6.45, 7) is 4.51. The van der Waals surface area contributed by atoms with Crippen LogP contribution in [0.4, 0.5) is 0 Å². The third-order valence-corrected chi connectivity index (χ3v) is 8.05. The Hall–Kier alpha value is -0.960. The lowest BCUT2D eigenvalue weighted by Gasteiger charge is -2.34. The lowest BCUT2D eigenvalue weighted by Crippen LogP contribution is -2.52. The van der Waals surface area contributed by atoms with Crippen LogP contribution in [-0.2, 0) is 14.8 Å². The van der Waals surface area contributed by atoms with Gasteiger partial charge in [-0.2, -0.15) is 4.31 Å². The fourth-order valence-electron chi connectivity index (χ4n) is 3.87. The molecule has 1 heterocycles. The fraction of sp³-hybridized carbons (Fsp3) is 0.632. The summed E-state index contributed by atoms with van der Waals surface area (Å²) >= 11 is 3.33. The van der Waals surface area contributed by atoms with E-state index in [2.05, 4.69) is 28.2 Å². The zero-order valence-electron chi connectivity index (χ0n) is 15.7. The Bertz CT molecular complexity index is 746. The average molecular weight is 458 g/mol. The smallest absolute Gasteiger partial charge is 0.243 e. The molecule has 1 aromatic carbocycles. The van der Waals surface area contributed by atoms with Gasteiger partial charge in [-0.05, 0) is 43.0 Å². The van der Waals surface area contributed by atoms with E-state index in [-0.39, 0.29) is 11.9 Å². The van der Waals surface area contributed by atoms with Crippen LogP contribution < -0.4 is 5.32 Å². The lowest BCUT2D eigenvalue weighted by molar-refractivity contribution is -0.123. The maximum atomic E-state index is 12.7. The molecule has 2 aliphatic rings. The standard InChI is InChI=1S/C19H28BrN3O3S/c1-15-4-2-3-5-18(15)21-19(24)14-22-10-12-23(13-11-22)27(25,26)17-8-6-16(20)7-9-17/h6-9,15,18H,2-5,10-14H2,1H3,(H,21,24)/t15-,18+/m1/s1. The Kier molecular flexibility index (Phi) is 6.94. The summed E-state index contributed by atoms with van der Waals surface area (Å²) in [5.74, 6) is 0.591. The maximum Gasteiger partial charge on any atom is 0.243 e. The van der Waals surface area contributed by atoms with Crippen molar-refractivity contribution in [1.82, 2.24) is 14.5 Å². The molecular weight excluding hydrogens is 430 g/mol. The molecular formula is C19H28BrN3O3S. The van der Waals surface area contributed by atoms with E-state index in [1.165, 1.54) is 23.6 Å². The normalized spacial score (nSPS) is 25.3. The molecule has 0 aromatic heterocycles. The number of piperazine rings is 1. The Balaban J connectivity index is 1.49. The second-order valence-corrected chi connectivity index (χ2v) is 10.4. The first kappa shape index (κ1) is 20.8. The number of hydrogen-bond acceptors (Lipinski definition) is 4. The third kappa shape index (κ3) is 5.31. The van der Waals surface area contributed by atoms with Crippen LogP contribution in [0.2, 0.25) is 0 Å². The maximum absolute atomic E-state index is 12.7. The number of carbonyl (C=O) groups excluding carboxylic acids is 1. The Morgan fingerprint density at radius 3 is 2.37 bits per heavy atom. The molecule has 6 nitrogen and oxygen atoms in total. The van der Waals surface area contributed by atoms with E-state index in [0.29, 0.717) is 43.5 Å². The molecule has 0 radical (unpaired) electrons. The van der Waals surface area contributed by atoms with E-state index >= 15 is 0 Å². The number of sulfonamides is 1. The number of rotatable bonds is 5. The highest BCUT2D eigenvalue weighted by atomic mass is 79.9. The predicted molar refractivity (Wildman–Crippen MR) is 109 cm³/mol. The van der Waals surface area contributed by atoms with Crippen molar-refractivity contribution in [3.05, 3.63) is 28.7 Å². The molecule has 27 heavy (non-hydrogen) atoms. The van der Waals surface area contributed by atoms with E-state index in [4.69, 9.17) is 0 Å². The number of nitrogens with one attached hydrogen (secondary N) is 1. The van der Waals surface area contributed by atoms with Crippen LogP contribution in [0.5, 0.6) is 0 Å². The van der Waals surface area contributed by atoms with Gasteiger partial charge in [0.1, 0.15) is 0 Å². The molecule has 1 saturated heterocycles. The molecule has 2 fully saturated rings. The number of nitrogens with zero attached hydrogens (tertiary/aromatic N) is 2. The van der Waals surface area contributed by atoms with Crippen molar-refractivity contribution < 1.29 is 13.2 Å². The van der Waals surface area contributed by atoms with Gasteiger partial charge in [0.25, 0.3) is 0 Å². The summed E-state index contributed by atoms with van der Waals surface area (Å²) in [4.78, 5) is 14.7. The minimum absolute atomic E-state index is 0.0537. The van der Waals surface area contributed by atoms with Crippen molar-refractivity contribution in [2.45, 2.75) is 43.5 Å². The van der Waals surface area contributed by atoms with Gasteiger partial charge in [-0.15, -0.1) is 0 Å². The Morgan fingerprint density at radius 2 is 1.74 bits per heavy atom. The van der Waals surface area contributed by atoms with Gasteiger partial charge in [-0.3, -0.25) is 9.69 Å². The summed E-state index contributed by atoms with van der Waals surface area (Å²) in [5, 5.41) is 3.17. The number of carbonyl (C=O) groups is 1. The third-order valence-electron chi connectivity index (χ3n) is 5.61. The average Bonchev–Trinajstić information content (AvgIpc) is 2.64. The van der Waals surface area contributed by atoms with E-state index in [0.717, 1.165) is 10.9 Å². The second-order valence-electron chi connectivity index (χ2n) is 7.57. The van der Waals surface area contributed by atoms with Gasteiger partial charge in [0.2, 0.25) is 15.9 Å². The molecule has 1 aromatic rings. The van der Waals surface area contributed by atoms with Crippen molar-refractivity contribution in [1.29, 1.82) is 0 Å². The number of halogens is 1. The molecule has 1 N–H and O–H groups in total. The van der Waals surface area contributed by atoms with E-state index in [9.17, 15) is 13.2 Å². The predicted octanol–water partition coefficient (Wildman–Crippen LogP) is 2.45. The SMILES string of the molecule is C[C@@H]1CCCC[C@@H]1NC(=O)CN1CCN(S(=O)(=O)c2ccc(Br)cc2)CC1. The van der Waals surface area contributed by atoms with Gasteiger partial charge in [-0.1, -0.05) is 35.7 Å². The van der Waals surface area contributed by atoms with Gasteiger partial charge in [0, 0.05) is 36.7 Å². The van der Waals surface area contributed by atoms with Crippen LogP contribution in [0.1, 0.15) is 32.6 Å². The molecule has 2 atom stereocenters. The first-order chi connectivity index (χ1) is 12.9. The molecule has 8 heteroatoms. The topological polar surface area (TPSA) is 69.7 Å². The molecule has 1 aliphatic carbocycles. The number of amides is 1. The van der Waals surface area contributed by atoms with Crippen molar-refractivity contribution in [3.8, 4) is 0 Å². The van der Waals surface area contributed by atoms with Crippen molar-refractivity contribution >= 4 is 31.9 Å². The lowest BCUT2D eigenvalue weighted by atomic mass is 9.86. The fourth-order valence-corrected chi connectivity index (χ4v) is 5.56. The van der Waals surface area contributed by atoms with E-state index in [1.54, 1.807) is 24.3 Å². The number of benzene rings is 1. The summed E-state index contributed by atoms with van der Waals surface area (Å²) in [6, 6.07) is 6.99. The van der Waals surface area contributed by atoms with Crippen molar-refractivity contribution in [3.63, 3.8) is 0 Å². The van der Waals surface area contributed by atoms with Gasteiger partial charge in [0.05, 0.1) is 11.4 Å². The summed E-state index contributed by atoms with van der Waals surface area (Å²) in [7, 11) is -3.48. The zero-order chi connectivity index (χ0) is 19.4. The molecule has 0 bridgehead atoms.